The van der Waals surface area contributed by atoms with E-state index < -0.39 is 0 Å². The lowest BCUT2D eigenvalue weighted by Gasteiger charge is -2.01. The molecular weight excluding hydrogens is 239 g/mol. The van der Waals surface area contributed by atoms with E-state index in [0.29, 0.717) is 4.83 Å². The second-order valence-electron chi connectivity index (χ2n) is 2.96. The molecule has 0 aliphatic rings. The summed E-state index contributed by atoms with van der Waals surface area (Å²) in [5.41, 5.74) is 2.16. The van der Waals surface area contributed by atoms with Crippen LogP contribution in [0.25, 0.3) is 0 Å². The molecule has 2 nitrogen and oxygen atoms in total. The zero-order valence-electron chi connectivity index (χ0n) is 7.43. The van der Waals surface area contributed by atoms with Crippen molar-refractivity contribution < 1.29 is 0 Å². The molecule has 0 bridgehead atoms. The van der Waals surface area contributed by atoms with E-state index in [4.69, 9.17) is 11.6 Å². The van der Waals surface area contributed by atoms with E-state index in [9.17, 15) is 0 Å². The summed E-state index contributed by atoms with van der Waals surface area (Å²) in [6, 6.07) is 0. The lowest BCUT2D eigenvalue weighted by atomic mass is 10.1. The van der Waals surface area contributed by atoms with E-state index in [2.05, 4.69) is 28.0 Å². The number of aromatic nitrogens is 2. The third-order valence-corrected chi connectivity index (χ3v) is 2.55. The van der Waals surface area contributed by atoms with Gasteiger partial charge in [0.2, 0.25) is 0 Å². The molecule has 0 aliphatic carbocycles. The van der Waals surface area contributed by atoms with Crippen molar-refractivity contribution in [3.63, 3.8) is 0 Å². The van der Waals surface area contributed by atoms with Gasteiger partial charge in [-0.1, -0.05) is 34.5 Å². The van der Waals surface area contributed by atoms with Gasteiger partial charge in [0, 0.05) is 17.4 Å². The van der Waals surface area contributed by atoms with Crippen LogP contribution < -0.4 is 0 Å². The van der Waals surface area contributed by atoms with Crippen molar-refractivity contribution in [2.24, 2.45) is 7.05 Å². The lowest BCUT2D eigenvalue weighted by molar-refractivity contribution is 0.757. The van der Waals surface area contributed by atoms with Crippen LogP contribution in [0.5, 0.6) is 0 Å². The van der Waals surface area contributed by atoms with E-state index in [1.807, 2.05) is 14.0 Å². The molecule has 12 heavy (non-hydrogen) atoms. The number of hydrogen-bond acceptors (Lipinski definition) is 1. The number of hydrogen-bond donors (Lipinski definition) is 0. The highest BCUT2D eigenvalue weighted by molar-refractivity contribution is 9.09. The Kier molecular flexibility index (Phi) is 3.18. The van der Waals surface area contributed by atoms with E-state index in [0.717, 1.165) is 22.8 Å². The first-order chi connectivity index (χ1) is 5.52. The van der Waals surface area contributed by atoms with Gasteiger partial charge in [0.25, 0.3) is 0 Å². The fourth-order valence-electron chi connectivity index (χ4n) is 1.19. The monoisotopic (exact) mass is 250 g/mol. The van der Waals surface area contributed by atoms with E-state index in [1.54, 1.807) is 4.68 Å². The predicted molar refractivity (Wildman–Crippen MR) is 55.0 cm³/mol. The molecule has 1 heterocycles. The first kappa shape index (κ1) is 10.1. The summed E-state index contributed by atoms with van der Waals surface area (Å²) < 4.78 is 1.71. The van der Waals surface area contributed by atoms with Gasteiger partial charge in [-0.25, -0.2) is 0 Å². The van der Waals surface area contributed by atoms with Gasteiger partial charge in [-0.2, -0.15) is 5.10 Å². The molecule has 0 aliphatic heterocycles. The first-order valence-corrected chi connectivity index (χ1v) is 5.13. The summed E-state index contributed by atoms with van der Waals surface area (Å²) in [7, 11) is 1.86. The minimum absolute atomic E-state index is 0.442. The Hall–Kier alpha value is -0.0200. The SMILES string of the molecule is Cc1nn(C)c(Cl)c1CC(C)Br. The number of nitrogens with zero attached hydrogens (tertiary/aromatic N) is 2. The molecule has 0 spiro atoms. The molecule has 1 rings (SSSR count). The van der Waals surface area contributed by atoms with Crippen molar-refractivity contribution >= 4 is 27.5 Å². The van der Waals surface area contributed by atoms with Crippen molar-refractivity contribution in [2.45, 2.75) is 25.1 Å². The van der Waals surface area contributed by atoms with Gasteiger partial charge in [0.15, 0.2) is 0 Å². The molecule has 0 aromatic carbocycles. The smallest absolute Gasteiger partial charge is 0.130 e. The Morgan fingerprint density at radius 2 is 2.25 bits per heavy atom. The zero-order chi connectivity index (χ0) is 9.30. The molecule has 1 aromatic rings. The van der Waals surface area contributed by atoms with Crippen molar-refractivity contribution in [3.8, 4) is 0 Å². The van der Waals surface area contributed by atoms with E-state index >= 15 is 0 Å². The largest absolute Gasteiger partial charge is 0.257 e. The molecule has 1 aromatic heterocycles. The summed E-state index contributed by atoms with van der Waals surface area (Å²) >= 11 is 9.53. The van der Waals surface area contributed by atoms with Crippen LogP contribution in [-0.4, -0.2) is 14.6 Å². The first-order valence-electron chi connectivity index (χ1n) is 3.84. The second kappa shape index (κ2) is 3.79. The van der Waals surface area contributed by atoms with Crippen molar-refractivity contribution in [1.82, 2.24) is 9.78 Å². The van der Waals surface area contributed by atoms with Gasteiger partial charge in [-0.3, -0.25) is 4.68 Å². The van der Waals surface area contributed by atoms with Gasteiger partial charge in [-0.05, 0) is 13.3 Å². The van der Waals surface area contributed by atoms with Gasteiger partial charge in [-0.15, -0.1) is 0 Å². The van der Waals surface area contributed by atoms with Crippen LogP contribution in [0.2, 0.25) is 5.15 Å². The molecular formula is C8H12BrClN2. The maximum atomic E-state index is 6.04. The fraction of sp³-hybridized carbons (Fsp3) is 0.625. The minimum atomic E-state index is 0.442. The Bertz CT molecular complexity index is 281. The quantitative estimate of drug-likeness (QED) is 0.739. The summed E-state index contributed by atoms with van der Waals surface area (Å²) in [4.78, 5) is 0.442. The average Bonchev–Trinajstić information content (AvgIpc) is 2.16. The molecule has 1 unspecified atom stereocenters. The zero-order valence-corrected chi connectivity index (χ0v) is 9.78. The standard InChI is InChI=1S/C8H12BrClN2/c1-5(9)4-7-6(2)11-12(3)8(7)10/h5H,4H2,1-3H3. The summed E-state index contributed by atoms with van der Waals surface area (Å²) in [5, 5.41) is 4.98. The highest BCUT2D eigenvalue weighted by atomic mass is 79.9. The normalized spacial score (nSPS) is 13.4. The highest BCUT2D eigenvalue weighted by Crippen LogP contribution is 2.21. The van der Waals surface area contributed by atoms with Gasteiger partial charge < -0.3 is 0 Å². The summed E-state index contributed by atoms with van der Waals surface area (Å²) in [5.74, 6) is 0. The van der Waals surface area contributed by atoms with Gasteiger partial charge >= 0.3 is 0 Å². The number of aryl methyl sites for hydroxylation is 2. The topological polar surface area (TPSA) is 17.8 Å². The summed E-state index contributed by atoms with van der Waals surface area (Å²) in [6.07, 6.45) is 0.929. The van der Waals surface area contributed by atoms with E-state index in [1.165, 1.54) is 0 Å². The molecule has 0 saturated carbocycles. The molecule has 0 saturated heterocycles. The van der Waals surface area contributed by atoms with Gasteiger partial charge in [0.1, 0.15) is 5.15 Å². The maximum absolute atomic E-state index is 6.04. The molecule has 0 amide bonds. The Morgan fingerprint density at radius 3 is 2.58 bits per heavy atom. The molecule has 0 radical (unpaired) electrons. The summed E-state index contributed by atoms with van der Waals surface area (Å²) in [6.45, 7) is 4.08. The van der Waals surface area contributed by atoms with Gasteiger partial charge in [0.05, 0.1) is 5.69 Å². The van der Waals surface area contributed by atoms with Crippen LogP contribution in [0.4, 0.5) is 0 Å². The highest BCUT2D eigenvalue weighted by Gasteiger charge is 2.12. The van der Waals surface area contributed by atoms with Crippen LogP contribution in [0.3, 0.4) is 0 Å². The second-order valence-corrected chi connectivity index (χ2v) is 4.88. The van der Waals surface area contributed by atoms with Crippen molar-refractivity contribution in [2.75, 3.05) is 0 Å². The van der Waals surface area contributed by atoms with E-state index in [-0.39, 0.29) is 0 Å². The van der Waals surface area contributed by atoms with Crippen LogP contribution in [0.15, 0.2) is 0 Å². The molecule has 1 atom stereocenters. The minimum Gasteiger partial charge on any atom is -0.257 e. The third kappa shape index (κ3) is 2.02. The molecule has 68 valence electrons. The predicted octanol–water partition coefficient (Wildman–Crippen LogP) is 2.71. The Labute approximate surface area is 86.0 Å². The van der Waals surface area contributed by atoms with Crippen molar-refractivity contribution in [1.29, 1.82) is 0 Å². The number of rotatable bonds is 2. The van der Waals surface area contributed by atoms with Crippen molar-refractivity contribution in [3.05, 3.63) is 16.4 Å². The van der Waals surface area contributed by atoms with Crippen LogP contribution in [-0.2, 0) is 13.5 Å². The molecule has 0 fully saturated rings. The van der Waals surface area contributed by atoms with Crippen LogP contribution in [0.1, 0.15) is 18.2 Å². The number of alkyl halides is 1. The Balaban J connectivity index is 2.97. The molecule has 0 N–H and O–H groups in total. The van der Waals surface area contributed by atoms with Crippen LogP contribution in [0, 0.1) is 6.92 Å². The van der Waals surface area contributed by atoms with Crippen LogP contribution >= 0.6 is 27.5 Å². The fourth-order valence-corrected chi connectivity index (χ4v) is 1.76. The number of halogens is 2. The average molecular weight is 252 g/mol. The maximum Gasteiger partial charge on any atom is 0.130 e. The Morgan fingerprint density at radius 1 is 1.67 bits per heavy atom. The lowest BCUT2D eigenvalue weighted by Crippen LogP contribution is -1.97. The molecule has 4 heteroatoms. The third-order valence-electron chi connectivity index (χ3n) is 1.76.